The van der Waals surface area contributed by atoms with E-state index in [4.69, 9.17) is 0 Å². The van der Waals surface area contributed by atoms with Gasteiger partial charge in [-0.15, -0.1) is 0 Å². The minimum Gasteiger partial charge on any atom is -0.374 e. The van der Waals surface area contributed by atoms with Gasteiger partial charge in [0.05, 0.1) is 5.84 Å². The highest BCUT2D eigenvalue weighted by Gasteiger charge is 2.04. The molecule has 102 valence electrons. The van der Waals surface area contributed by atoms with Crippen molar-refractivity contribution >= 4 is 11.7 Å². The highest BCUT2D eigenvalue weighted by atomic mass is 15.0. The number of benzene rings is 1. The van der Waals surface area contributed by atoms with Gasteiger partial charge in [0.15, 0.2) is 0 Å². The van der Waals surface area contributed by atoms with Crippen LogP contribution in [0.15, 0.2) is 40.3 Å². The predicted molar refractivity (Wildman–Crippen MR) is 81.1 cm³/mol. The van der Waals surface area contributed by atoms with Crippen LogP contribution in [-0.4, -0.2) is 37.9 Å². The van der Waals surface area contributed by atoms with Crippen LogP contribution in [0.5, 0.6) is 0 Å². The van der Waals surface area contributed by atoms with Crippen molar-refractivity contribution in [2.45, 2.75) is 19.8 Å². The molecule has 0 radical (unpaired) electrons. The first kappa shape index (κ1) is 13.6. The molecule has 0 aromatic heterocycles. The molecule has 4 nitrogen and oxygen atoms in total. The molecule has 0 spiro atoms. The van der Waals surface area contributed by atoms with Gasteiger partial charge in [-0.1, -0.05) is 30.3 Å². The van der Waals surface area contributed by atoms with Gasteiger partial charge in [-0.25, -0.2) is 0 Å². The summed E-state index contributed by atoms with van der Waals surface area (Å²) >= 11 is 0. The van der Waals surface area contributed by atoms with Crippen molar-refractivity contribution in [2.75, 3.05) is 26.2 Å². The molecule has 19 heavy (non-hydrogen) atoms. The van der Waals surface area contributed by atoms with Gasteiger partial charge in [0.2, 0.25) is 0 Å². The lowest BCUT2D eigenvalue weighted by Gasteiger charge is -2.14. The molecular formula is C15H22N4. The van der Waals surface area contributed by atoms with Crippen LogP contribution in [0.4, 0.5) is 0 Å². The molecule has 2 N–H and O–H groups in total. The second-order valence-electron chi connectivity index (χ2n) is 4.62. The minimum atomic E-state index is 0.956. The smallest absolute Gasteiger partial charge is 0.128 e. The molecule has 2 aliphatic heterocycles. The van der Waals surface area contributed by atoms with Crippen LogP contribution in [-0.2, 0) is 0 Å². The molecule has 3 rings (SSSR count). The molecule has 1 aromatic rings. The summed E-state index contributed by atoms with van der Waals surface area (Å²) in [6.45, 7) is 6.12. The Hall–Kier alpha value is -1.84. The van der Waals surface area contributed by atoms with Crippen molar-refractivity contribution in [1.29, 1.82) is 0 Å². The summed E-state index contributed by atoms with van der Waals surface area (Å²) in [6, 6.07) is 10.3. The van der Waals surface area contributed by atoms with E-state index < -0.39 is 0 Å². The Labute approximate surface area is 115 Å². The van der Waals surface area contributed by atoms with Crippen LogP contribution in [0.1, 0.15) is 25.3 Å². The molecule has 2 heterocycles. The average molecular weight is 258 g/mol. The van der Waals surface area contributed by atoms with Crippen LogP contribution in [0.25, 0.3) is 0 Å². The van der Waals surface area contributed by atoms with Crippen molar-refractivity contribution in [1.82, 2.24) is 10.6 Å². The van der Waals surface area contributed by atoms with E-state index in [1.807, 2.05) is 25.1 Å². The number of aliphatic imine (C=N–C) groups is 2. The monoisotopic (exact) mass is 258 g/mol. The molecule has 0 atom stereocenters. The molecule has 0 unspecified atom stereocenters. The van der Waals surface area contributed by atoms with E-state index >= 15 is 0 Å². The largest absolute Gasteiger partial charge is 0.374 e. The number of rotatable bonds is 1. The van der Waals surface area contributed by atoms with Crippen LogP contribution < -0.4 is 10.6 Å². The number of hydrogen-bond acceptors (Lipinski definition) is 4. The lowest BCUT2D eigenvalue weighted by atomic mass is 10.2. The Balaban J connectivity index is 0.000000163. The second-order valence-corrected chi connectivity index (χ2v) is 4.62. The van der Waals surface area contributed by atoms with E-state index in [-0.39, 0.29) is 0 Å². The molecule has 4 heteroatoms. The molecule has 0 fully saturated rings. The topological polar surface area (TPSA) is 48.8 Å². The molecule has 0 amide bonds. The van der Waals surface area contributed by atoms with E-state index in [9.17, 15) is 0 Å². The fourth-order valence-corrected chi connectivity index (χ4v) is 1.97. The Bertz CT molecular complexity index is 437. The lowest BCUT2D eigenvalue weighted by molar-refractivity contribution is 0.739. The van der Waals surface area contributed by atoms with Crippen LogP contribution in [0.2, 0.25) is 0 Å². The average Bonchev–Trinajstić information content (AvgIpc) is 2.51. The van der Waals surface area contributed by atoms with Gasteiger partial charge in [0.1, 0.15) is 5.84 Å². The molecule has 0 bridgehead atoms. The van der Waals surface area contributed by atoms with Gasteiger partial charge in [-0.2, -0.15) is 0 Å². The van der Waals surface area contributed by atoms with Gasteiger partial charge < -0.3 is 10.6 Å². The third-order valence-corrected chi connectivity index (χ3v) is 3.01. The van der Waals surface area contributed by atoms with Crippen molar-refractivity contribution in [3.05, 3.63) is 35.9 Å². The van der Waals surface area contributed by atoms with Crippen molar-refractivity contribution in [3.63, 3.8) is 0 Å². The summed E-state index contributed by atoms with van der Waals surface area (Å²) in [5.41, 5.74) is 1.19. The van der Waals surface area contributed by atoms with Crippen LogP contribution >= 0.6 is 0 Å². The fourth-order valence-electron chi connectivity index (χ4n) is 1.97. The number of amidine groups is 2. The summed E-state index contributed by atoms with van der Waals surface area (Å²) in [5, 5.41) is 6.42. The number of nitrogens with zero attached hydrogens (tertiary/aromatic N) is 2. The third kappa shape index (κ3) is 4.73. The minimum absolute atomic E-state index is 0.956. The maximum Gasteiger partial charge on any atom is 0.128 e. The zero-order valence-corrected chi connectivity index (χ0v) is 11.5. The molecule has 0 aliphatic carbocycles. The summed E-state index contributed by atoms with van der Waals surface area (Å²) in [7, 11) is 0. The Morgan fingerprint density at radius 3 is 2.05 bits per heavy atom. The summed E-state index contributed by atoms with van der Waals surface area (Å²) < 4.78 is 0. The molecular weight excluding hydrogens is 236 g/mol. The summed E-state index contributed by atoms with van der Waals surface area (Å²) in [6.07, 6.45) is 2.34. The van der Waals surface area contributed by atoms with E-state index in [1.165, 1.54) is 12.0 Å². The quantitative estimate of drug-likeness (QED) is 0.807. The van der Waals surface area contributed by atoms with Crippen LogP contribution in [0, 0.1) is 0 Å². The molecule has 0 saturated heterocycles. The van der Waals surface area contributed by atoms with Crippen molar-refractivity contribution in [2.24, 2.45) is 9.98 Å². The zero-order chi connectivity index (χ0) is 13.3. The lowest BCUT2D eigenvalue weighted by Crippen LogP contribution is -2.29. The Kier molecular flexibility index (Phi) is 5.41. The van der Waals surface area contributed by atoms with E-state index in [2.05, 4.69) is 32.8 Å². The maximum atomic E-state index is 4.41. The first-order valence-corrected chi connectivity index (χ1v) is 6.95. The van der Waals surface area contributed by atoms with Crippen molar-refractivity contribution in [3.8, 4) is 0 Å². The number of hydrogen-bond donors (Lipinski definition) is 2. The van der Waals surface area contributed by atoms with Gasteiger partial charge in [0.25, 0.3) is 0 Å². The van der Waals surface area contributed by atoms with E-state index in [0.29, 0.717) is 0 Å². The Morgan fingerprint density at radius 1 is 0.895 bits per heavy atom. The Morgan fingerprint density at radius 2 is 1.58 bits per heavy atom. The molecule has 1 aromatic carbocycles. The third-order valence-electron chi connectivity index (χ3n) is 3.01. The molecule has 0 saturated carbocycles. The highest BCUT2D eigenvalue weighted by molar-refractivity contribution is 5.99. The number of nitrogens with one attached hydrogen (secondary N) is 2. The van der Waals surface area contributed by atoms with Crippen molar-refractivity contribution < 1.29 is 0 Å². The van der Waals surface area contributed by atoms with Gasteiger partial charge in [0, 0.05) is 31.7 Å². The van der Waals surface area contributed by atoms with Gasteiger partial charge >= 0.3 is 0 Å². The summed E-state index contributed by atoms with van der Waals surface area (Å²) in [5.74, 6) is 2.13. The molecule has 2 aliphatic rings. The zero-order valence-electron chi connectivity index (χ0n) is 11.5. The fraction of sp³-hybridized carbons (Fsp3) is 0.467. The van der Waals surface area contributed by atoms with E-state index in [1.54, 1.807) is 0 Å². The maximum absolute atomic E-state index is 4.41. The first-order chi connectivity index (χ1) is 9.36. The normalized spacial score (nSPS) is 17.9. The first-order valence-electron chi connectivity index (χ1n) is 6.95. The van der Waals surface area contributed by atoms with Crippen LogP contribution in [0.3, 0.4) is 0 Å². The highest BCUT2D eigenvalue weighted by Crippen LogP contribution is 2.02. The standard InChI is InChI=1S/C10H12N2.C5H10N2/c1-2-5-9(6-3-1)10-11-7-4-8-12-10;1-5-6-3-2-4-7-5/h1-3,5-6H,4,7-8H2,(H,11,12);2-4H2,1H3,(H,6,7). The second kappa shape index (κ2) is 7.56. The predicted octanol–water partition coefficient (Wildman–Crippen LogP) is 1.82. The van der Waals surface area contributed by atoms with Gasteiger partial charge in [-0.3, -0.25) is 9.98 Å². The SMILES string of the molecule is CC1=NCCCN1.c1ccc(C2=NCCCN2)cc1. The summed E-state index contributed by atoms with van der Waals surface area (Å²) in [4.78, 5) is 8.54. The van der Waals surface area contributed by atoms with Gasteiger partial charge in [-0.05, 0) is 19.8 Å². The van der Waals surface area contributed by atoms with E-state index in [0.717, 1.165) is 44.3 Å².